The van der Waals surface area contributed by atoms with E-state index < -0.39 is 0 Å². The van der Waals surface area contributed by atoms with Crippen LogP contribution in [-0.4, -0.2) is 0 Å². The molecule has 0 aliphatic carbocycles. The van der Waals surface area contributed by atoms with Crippen LogP contribution >= 0.6 is 0 Å². The Kier molecular flexibility index (Phi) is 6.67. The van der Waals surface area contributed by atoms with Gasteiger partial charge in [-0.1, -0.05) is 68.2 Å². The normalized spacial score (nSPS) is 15.2. The van der Waals surface area contributed by atoms with Crippen LogP contribution in [0.2, 0.25) is 0 Å². The van der Waals surface area contributed by atoms with Gasteiger partial charge in [0.05, 0.1) is 0 Å². The van der Waals surface area contributed by atoms with Crippen LogP contribution in [-0.2, 0) is 0 Å². The zero-order valence-electron chi connectivity index (χ0n) is 12.9. The van der Waals surface area contributed by atoms with Gasteiger partial charge in [0.15, 0.2) is 0 Å². The molecule has 0 aliphatic heterocycles. The van der Waals surface area contributed by atoms with Gasteiger partial charge in [0.1, 0.15) is 0 Å². The van der Waals surface area contributed by atoms with Crippen LogP contribution in [0.25, 0.3) is 0 Å². The van der Waals surface area contributed by atoms with Crippen molar-refractivity contribution in [3.8, 4) is 0 Å². The summed E-state index contributed by atoms with van der Waals surface area (Å²) >= 11 is 0. The van der Waals surface area contributed by atoms with E-state index in [0.717, 1.165) is 23.7 Å². The molecule has 0 nitrogen and oxygen atoms in total. The number of rotatable bonds is 6. The second-order valence-corrected chi connectivity index (χ2v) is 7.50. The van der Waals surface area contributed by atoms with E-state index in [4.69, 9.17) is 0 Å². The Bertz CT molecular complexity index is 163. The molecular formula is C16H34. The highest BCUT2D eigenvalue weighted by atomic mass is 14.3. The van der Waals surface area contributed by atoms with Crippen molar-refractivity contribution < 1.29 is 0 Å². The fraction of sp³-hybridized carbons (Fsp3) is 1.00. The van der Waals surface area contributed by atoms with Crippen molar-refractivity contribution in [2.45, 2.75) is 74.7 Å². The molecule has 0 saturated carbocycles. The molecule has 0 aromatic heterocycles. The second kappa shape index (κ2) is 6.67. The van der Waals surface area contributed by atoms with E-state index in [2.05, 4.69) is 55.4 Å². The highest BCUT2D eigenvalue weighted by Crippen LogP contribution is 2.33. The van der Waals surface area contributed by atoms with Gasteiger partial charge in [-0.05, 0) is 35.5 Å². The Morgan fingerprint density at radius 2 is 1.25 bits per heavy atom. The van der Waals surface area contributed by atoms with Gasteiger partial charge >= 0.3 is 0 Å². The Balaban J connectivity index is 4.07. The molecule has 0 heterocycles. The second-order valence-electron chi connectivity index (χ2n) is 7.50. The predicted molar refractivity (Wildman–Crippen MR) is 75.6 cm³/mol. The molecule has 0 amide bonds. The van der Waals surface area contributed by atoms with Crippen LogP contribution in [0.5, 0.6) is 0 Å². The third-order valence-corrected chi connectivity index (χ3v) is 3.78. The molecule has 0 bridgehead atoms. The molecule has 0 fully saturated rings. The predicted octanol–water partition coefficient (Wildman–Crippen LogP) is 5.77. The largest absolute Gasteiger partial charge is 0.0625 e. The van der Waals surface area contributed by atoms with Gasteiger partial charge in [-0.3, -0.25) is 0 Å². The minimum atomic E-state index is 0.505. The topological polar surface area (TPSA) is 0 Å². The SMILES string of the molecule is CC(C)C(C(C)C)C(C)CCCC(C)(C)C. The first-order valence-corrected chi connectivity index (χ1v) is 7.15. The first kappa shape index (κ1) is 16.0. The summed E-state index contributed by atoms with van der Waals surface area (Å²) in [6, 6.07) is 0. The van der Waals surface area contributed by atoms with Crippen LogP contribution in [0.3, 0.4) is 0 Å². The van der Waals surface area contributed by atoms with E-state index in [1.807, 2.05) is 0 Å². The summed E-state index contributed by atoms with van der Waals surface area (Å²) in [4.78, 5) is 0. The fourth-order valence-electron chi connectivity index (χ4n) is 3.23. The molecule has 0 aliphatic rings. The van der Waals surface area contributed by atoms with Gasteiger partial charge in [-0.2, -0.15) is 0 Å². The first-order valence-electron chi connectivity index (χ1n) is 7.15. The minimum Gasteiger partial charge on any atom is -0.0625 e. The molecule has 0 saturated heterocycles. The van der Waals surface area contributed by atoms with Gasteiger partial charge < -0.3 is 0 Å². The van der Waals surface area contributed by atoms with Crippen molar-refractivity contribution in [2.24, 2.45) is 29.1 Å². The van der Waals surface area contributed by atoms with Crippen molar-refractivity contribution in [3.63, 3.8) is 0 Å². The van der Waals surface area contributed by atoms with Crippen molar-refractivity contribution in [2.75, 3.05) is 0 Å². The molecule has 0 radical (unpaired) electrons. The van der Waals surface area contributed by atoms with Crippen LogP contribution < -0.4 is 0 Å². The van der Waals surface area contributed by atoms with Gasteiger partial charge in [0.2, 0.25) is 0 Å². The Morgan fingerprint density at radius 1 is 0.812 bits per heavy atom. The molecule has 16 heavy (non-hydrogen) atoms. The molecule has 0 aromatic carbocycles. The third-order valence-electron chi connectivity index (χ3n) is 3.78. The maximum absolute atomic E-state index is 2.45. The number of hydrogen-bond donors (Lipinski definition) is 0. The highest BCUT2D eigenvalue weighted by molar-refractivity contribution is 4.73. The van der Waals surface area contributed by atoms with E-state index in [1.54, 1.807) is 0 Å². The van der Waals surface area contributed by atoms with Crippen molar-refractivity contribution in [1.82, 2.24) is 0 Å². The Morgan fingerprint density at radius 3 is 1.56 bits per heavy atom. The standard InChI is InChI=1S/C16H34/c1-12(2)15(13(3)4)14(5)10-9-11-16(6,7)8/h12-15H,9-11H2,1-8H3. The summed E-state index contributed by atoms with van der Waals surface area (Å²) in [5, 5.41) is 0. The Hall–Kier alpha value is 0. The fourth-order valence-corrected chi connectivity index (χ4v) is 3.23. The van der Waals surface area contributed by atoms with E-state index in [9.17, 15) is 0 Å². The van der Waals surface area contributed by atoms with Crippen molar-refractivity contribution >= 4 is 0 Å². The molecule has 1 atom stereocenters. The zero-order chi connectivity index (χ0) is 12.9. The van der Waals surface area contributed by atoms with E-state index >= 15 is 0 Å². The molecule has 98 valence electrons. The summed E-state index contributed by atoms with van der Waals surface area (Å²) in [6.45, 7) is 19.0. The van der Waals surface area contributed by atoms with Crippen LogP contribution in [0, 0.1) is 29.1 Å². The van der Waals surface area contributed by atoms with E-state index in [-0.39, 0.29) is 0 Å². The van der Waals surface area contributed by atoms with E-state index in [1.165, 1.54) is 19.3 Å². The average molecular weight is 226 g/mol. The van der Waals surface area contributed by atoms with Gasteiger partial charge in [0, 0.05) is 0 Å². The van der Waals surface area contributed by atoms with E-state index in [0.29, 0.717) is 5.41 Å². The molecule has 0 heteroatoms. The lowest BCUT2D eigenvalue weighted by atomic mass is 9.74. The summed E-state index contributed by atoms with van der Waals surface area (Å²) in [5.41, 5.74) is 0.505. The molecular weight excluding hydrogens is 192 g/mol. The summed E-state index contributed by atoms with van der Waals surface area (Å²) in [6.07, 6.45) is 4.15. The van der Waals surface area contributed by atoms with Crippen LogP contribution in [0.1, 0.15) is 74.7 Å². The molecule has 0 rings (SSSR count). The lowest BCUT2D eigenvalue weighted by Gasteiger charge is -2.31. The smallest absolute Gasteiger partial charge is 0.0342 e. The monoisotopic (exact) mass is 226 g/mol. The number of hydrogen-bond acceptors (Lipinski definition) is 0. The van der Waals surface area contributed by atoms with Crippen LogP contribution in [0.15, 0.2) is 0 Å². The highest BCUT2D eigenvalue weighted by Gasteiger charge is 2.24. The lowest BCUT2D eigenvalue weighted by molar-refractivity contribution is 0.182. The molecule has 0 N–H and O–H groups in total. The molecule has 0 aromatic rings. The van der Waals surface area contributed by atoms with Gasteiger partial charge in [-0.15, -0.1) is 0 Å². The van der Waals surface area contributed by atoms with Crippen molar-refractivity contribution in [3.05, 3.63) is 0 Å². The third kappa shape index (κ3) is 6.55. The van der Waals surface area contributed by atoms with Crippen molar-refractivity contribution in [1.29, 1.82) is 0 Å². The molecule has 0 spiro atoms. The van der Waals surface area contributed by atoms with Gasteiger partial charge in [0.25, 0.3) is 0 Å². The van der Waals surface area contributed by atoms with Crippen LogP contribution in [0.4, 0.5) is 0 Å². The quantitative estimate of drug-likeness (QED) is 0.539. The summed E-state index contributed by atoms with van der Waals surface area (Å²) in [5.74, 6) is 3.41. The maximum Gasteiger partial charge on any atom is -0.0342 e. The molecule has 1 unspecified atom stereocenters. The average Bonchev–Trinajstić information content (AvgIpc) is 1.99. The van der Waals surface area contributed by atoms with Gasteiger partial charge in [-0.25, -0.2) is 0 Å². The minimum absolute atomic E-state index is 0.505. The Labute approximate surface area is 104 Å². The first-order chi connectivity index (χ1) is 7.15. The summed E-state index contributed by atoms with van der Waals surface area (Å²) in [7, 11) is 0. The lowest BCUT2D eigenvalue weighted by Crippen LogP contribution is -2.23. The zero-order valence-corrected chi connectivity index (χ0v) is 12.9. The summed E-state index contributed by atoms with van der Waals surface area (Å²) < 4.78 is 0. The maximum atomic E-state index is 2.45.